The molecule has 82 valence electrons. The van der Waals surface area contributed by atoms with E-state index >= 15 is 0 Å². The van der Waals surface area contributed by atoms with Crippen molar-refractivity contribution in [3.05, 3.63) is 34.9 Å². The average Bonchev–Trinajstić information content (AvgIpc) is 2.12. The summed E-state index contributed by atoms with van der Waals surface area (Å²) in [6, 6.07) is 6.04. The van der Waals surface area contributed by atoms with E-state index in [1.165, 1.54) is 11.1 Å². The van der Waals surface area contributed by atoms with Crippen LogP contribution in [0.25, 0.3) is 0 Å². The fourth-order valence-electron chi connectivity index (χ4n) is 1.56. The van der Waals surface area contributed by atoms with E-state index in [1.807, 2.05) is 32.0 Å². The maximum Gasteiger partial charge on any atom is 0.309 e. The predicted octanol–water partition coefficient (Wildman–Crippen LogP) is 2.96. The zero-order valence-electron chi connectivity index (χ0n) is 9.79. The standard InChI is InChI=1S/C13H18O2/c1-9-6-5-7-11(10(9)2)8-13(3,4)12(14)15/h5-7H,8H2,1-4H3,(H,14,15). The van der Waals surface area contributed by atoms with Crippen LogP contribution in [-0.2, 0) is 11.2 Å². The van der Waals surface area contributed by atoms with E-state index in [2.05, 4.69) is 0 Å². The Balaban J connectivity index is 3.00. The highest BCUT2D eigenvalue weighted by Gasteiger charge is 2.27. The van der Waals surface area contributed by atoms with E-state index in [4.69, 9.17) is 5.11 Å². The molecule has 0 saturated heterocycles. The molecule has 0 aliphatic rings. The minimum Gasteiger partial charge on any atom is -0.481 e. The number of aliphatic carboxylic acids is 1. The van der Waals surface area contributed by atoms with Gasteiger partial charge in [-0.15, -0.1) is 0 Å². The van der Waals surface area contributed by atoms with E-state index in [1.54, 1.807) is 13.8 Å². The van der Waals surface area contributed by atoms with Gasteiger partial charge >= 0.3 is 5.97 Å². The molecule has 0 fully saturated rings. The maximum absolute atomic E-state index is 11.0. The predicted molar refractivity (Wildman–Crippen MR) is 61.0 cm³/mol. The third-order valence-electron chi connectivity index (χ3n) is 2.93. The summed E-state index contributed by atoms with van der Waals surface area (Å²) in [5, 5.41) is 9.06. The van der Waals surface area contributed by atoms with E-state index < -0.39 is 11.4 Å². The van der Waals surface area contributed by atoms with Crippen LogP contribution in [0.2, 0.25) is 0 Å². The molecular weight excluding hydrogens is 188 g/mol. The molecule has 2 nitrogen and oxygen atoms in total. The molecule has 1 N–H and O–H groups in total. The number of carboxylic acids is 1. The summed E-state index contributed by atoms with van der Waals surface area (Å²) in [5.41, 5.74) is 2.85. The smallest absolute Gasteiger partial charge is 0.309 e. The van der Waals surface area contributed by atoms with E-state index in [0.29, 0.717) is 6.42 Å². The molecular formula is C13H18O2. The first-order valence-electron chi connectivity index (χ1n) is 5.13. The first kappa shape index (κ1) is 11.8. The monoisotopic (exact) mass is 206 g/mol. The summed E-state index contributed by atoms with van der Waals surface area (Å²) in [6.45, 7) is 7.61. The highest BCUT2D eigenvalue weighted by atomic mass is 16.4. The van der Waals surface area contributed by atoms with Gasteiger partial charge in [0.2, 0.25) is 0 Å². The molecule has 0 amide bonds. The summed E-state index contributed by atoms with van der Waals surface area (Å²) < 4.78 is 0. The van der Waals surface area contributed by atoms with Gasteiger partial charge in [-0.1, -0.05) is 18.2 Å². The van der Waals surface area contributed by atoms with Gasteiger partial charge in [-0.3, -0.25) is 4.79 Å². The van der Waals surface area contributed by atoms with Crippen molar-refractivity contribution in [2.75, 3.05) is 0 Å². The highest BCUT2D eigenvalue weighted by Crippen LogP contribution is 2.25. The molecule has 1 aromatic carbocycles. The Labute approximate surface area is 90.9 Å². The number of rotatable bonds is 3. The second-order valence-corrected chi connectivity index (χ2v) is 4.72. The van der Waals surface area contributed by atoms with Crippen molar-refractivity contribution in [1.29, 1.82) is 0 Å². The van der Waals surface area contributed by atoms with Crippen LogP contribution in [0.3, 0.4) is 0 Å². The lowest BCUT2D eigenvalue weighted by molar-refractivity contribution is -0.146. The summed E-state index contributed by atoms with van der Waals surface area (Å²) in [4.78, 5) is 11.0. The second kappa shape index (κ2) is 4.05. The SMILES string of the molecule is Cc1cccc(CC(C)(C)C(=O)O)c1C. The number of hydrogen-bond acceptors (Lipinski definition) is 1. The Bertz CT molecular complexity index is 378. The Hall–Kier alpha value is -1.31. The molecule has 0 spiro atoms. The lowest BCUT2D eigenvalue weighted by Crippen LogP contribution is -2.26. The molecule has 1 aromatic rings. The molecule has 0 unspecified atom stereocenters. The molecule has 0 atom stereocenters. The normalized spacial score (nSPS) is 11.5. The zero-order chi connectivity index (χ0) is 11.6. The molecule has 1 rings (SSSR count). The third kappa shape index (κ3) is 2.58. The van der Waals surface area contributed by atoms with E-state index in [0.717, 1.165) is 5.56 Å². The van der Waals surface area contributed by atoms with Gasteiger partial charge in [0.1, 0.15) is 0 Å². The molecule has 2 heteroatoms. The van der Waals surface area contributed by atoms with Gasteiger partial charge in [-0.2, -0.15) is 0 Å². The molecule has 0 aromatic heterocycles. The second-order valence-electron chi connectivity index (χ2n) is 4.72. The van der Waals surface area contributed by atoms with Crippen molar-refractivity contribution in [2.24, 2.45) is 5.41 Å². The Morgan fingerprint density at radius 2 is 1.93 bits per heavy atom. The minimum atomic E-state index is -0.747. The molecule has 0 aliphatic heterocycles. The van der Waals surface area contributed by atoms with Crippen molar-refractivity contribution >= 4 is 5.97 Å². The maximum atomic E-state index is 11.0. The van der Waals surface area contributed by atoms with Gasteiger partial charge < -0.3 is 5.11 Å². The van der Waals surface area contributed by atoms with Crippen LogP contribution in [-0.4, -0.2) is 11.1 Å². The third-order valence-corrected chi connectivity index (χ3v) is 2.93. The topological polar surface area (TPSA) is 37.3 Å². The van der Waals surface area contributed by atoms with Gasteiger partial charge in [0.05, 0.1) is 5.41 Å². The molecule has 0 heterocycles. The largest absolute Gasteiger partial charge is 0.481 e. The number of hydrogen-bond donors (Lipinski definition) is 1. The quantitative estimate of drug-likeness (QED) is 0.825. The number of carbonyl (C=O) groups is 1. The van der Waals surface area contributed by atoms with E-state index in [9.17, 15) is 4.79 Å². The molecule has 0 aliphatic carbocycles. The summed E-state index contributed by atoms with van der Waals surface area (Å²) >= 11 is 0. The highest BCUT2D eigenvalue weighted by molar-refractivity contribution is 5.74. The van der Waals surface area contributed by atoms with Crippen LogP contribution in [0.1, 0.15) is 30.5 Å². The van der Waals surface area contributed by atoms with Crippen molar-refractivity contribution in [3.63, 3.8) is 0 Å². The number of carboxylic acid groups (broad SMARTS) is 1. The minimum absolute atomic E-state index is 0.579. The summed E-state index contributed by atoms with van der Waals surface area (Å²) in [7, 11) is 0. The average molecular weight is 206 g/mol. The van der Waals surface area contributed by atoms with Crippen LogP contribution in [0.15, 0.2) is 18.2 Å². The fourth-order valence-corrected chi connectivity index (χ4v) is 1.56. The van der Waals surface area contributed by atoms with Crippen molar-refractivity contribution in [1.82, 2.24) is 0 Å². The van der Waals surface area contributed by atoms with Crippen LogP contribution in [0.5, 0.6) is 0 Å². The van der Waals surface area contributed by atoms with Crippen molar-refractivity contribution < 1.29 is 9.90 Å². The van der Waals surface area contributed by atoms with Gasteiger partial charge in [0.15, 0.2) is 0 Å². The lowest BCUT2D eigenvalue weighted by Gasteiger charge is -2.20. The molecule has 15 heavy (non-hydrogen) atoms. The first-order valence-corrected chi connectivity index (χ1v) is 5.13. The van der Waals surface area contributed by atoms with Crippen molar-refractivity contribution in [2.45, 2.75) is 34.1 Å². The summed E-state index contributed by atoms with van der Waals surface area (Å²) in [5.74, 6) is -0.747. The molecule has 0 saturated carbocycles. The Kier molecular flexibility index (Phi) is 3.18. The lowest BCUT2D eigenvalue weighted by atomic mass is 9.84. The summed E-state index contributed by atoms with van der Waals surface area (Å²) in [6.07, 6.45) is 0.579. The van der Waals surface area contributed by atoms with Gasteiger partial charge in [0, 0.05) is 0 Å². The zero-order valence-corrected chi connectivity index (χ0v) is 9.79. The van der Waals surface area contributed by atoms with Crippen molar-refractivity contribution in [3.8, 4) is 0 Å². The first-order chi connectivity index (χ1) is 6.84. The van der Waals surface area contributed by atoms with Gasteiger partial charge in [0.25, 0.3) is 0 Å². The van der Waals surface area contributed by atoms with Gasteiger partial charge in [-0.05, 0) is 50.8 Å². The number of benzene rings is 1. The van der Waals surface area contributed by atoms with Crippen LogP contribution in [0.4, 0.5) is 0 Å². The van der Waals surface area contributed by atoms with Gasteiger partial charge in [-0.25, -0.2) is 0 Å². The Morgan fingerprint density at radius 3 is 2.47 bits per heavy atom. The molecule has 0 radical (unpaired) electrons. The van der Waals surface area contributed by atoms with Crippen LogP contribution in [0, 0.1) is 19.3 Å². The van der Waals surface area contributed by atoms with Crippen LogP contribution < -0.4 is 0 Å². The fraction of sp³-hybridized carbons (Fsp3) is 0.462. The Morgan fingerprint density at radius 1 is 1.33 bits per heavy atom. The van der Waals surface area contributed by atoms with E-state index in [-0.39, 0.29) is 0 Å². The number of aryl methyl sites for hydroxylation is 1. The molecule has 0 bridgehead atoms. The van der Waals surface area contributed by atoms with Crippen LogP contribution >= 0.6 is 0 Å².